The first kappa shape index (κ1) is 27.3. The lowest BCUT2D eigenvalue weighted by Gasteiger charge is -2.24. The van der Waals surface area contributed by atoms with Gasteiger partial charge in [0.05, 0.1) is 28.8 Å². The Labute approximate surface area is 215 Å². The molecule has 3 aromatic rings. The van der Waals surface area contributed by atoms with Crippen LogP contribution in [0.4, 0.5) is 11.4 Å². The molecule has 0 spiro atoms. The van der Waals surface area contributed by atoms with Crippen molar-refractivity contribution in [3.63, 3.8) is 0 Å². The van der Waals surface area contributed by atoms with Crippen LogP contribution in [0.5, 0.6) is 5.75 Å². The number of methoxy groups -OCH3 is 1. The standard InChI is InChI=1S/C26H28N4O6S/c1-18(2)21-8-10-22(11-9-21)29(37(34,35)23-12-5-19(3)6-13-23)17-26(31)28-27-16-20-7-14-25(36-4)24(15-20)30(32)33/h5-16,18H,17H2,1-4H3,(H,28,31)/b27-16-. The summed E-state index contributed by atoms with van der Waals surface area (Å²) in [4.78, 5) is 23.4. The van der Waals surface area contributed by atoms with E-state index in [2.05, 4.69) is 10.5 Å². The number of hydrazone groups is 1. The summed E-state index contributed by atoms with van der Waals surface area (Å²) in [7, 11) is -2.74. The van der Waals surface area contributed by atoms with E-state index in [-0.39, 0.29) is 22.3 Å². The van der Waals surface area contributed by atoms with Gasteiger partial charge < -0.3 is 4.74 Å². The van der Waals surface area contributed by atoms with E-state index < -0.39 is 27.4 Å². The summed E-state index contributed by atoms with van der Waals surface area (Å²) >= 11 is 0. The van der Waals surface area contributed by atoms with Gasteiger partial charge in [-0.15, -0.1) is 0 Å². The Hall–Kier alpha value is -4.25. The first-order valence-electron chi connectivity index (χ1n) is 11.4. The number of sulfonamides is 1. The van der Waals surface area contributed by atoms with E-state index in [1.807, 2.05) is 32.9 Å². The Morgan fingerprint density at radius 1 is 1.11 bits per heavy atom. The number of anilines is 1. The average molecular weight is 525 g/mol. The molecule has 0 heterocycles. The SMILES string of the molecule is COc1ccc(/C=N\NC(=O)CN(c2ccc(C(C)C)cc2)S(=O)(=O)c2ccc(C)cc2)cc1[N+](=O)[O-]. The van der Waals surface area contributed by atoms with Gasteiger partial charge in [-0.1, -0.05) is 43.7 Å². The third kappa shape index (κ3) is 6.70. The molecule has 194 valence electrons. The van der Waals surface area contributed by atoms with Crippen LogP contribution in [0.2, 0.25) is 0 Å². The molecule has 0 aromatic heterocycles. The molecule has 0 aliphatic carbocycles. The minimum absolute atomic E-state index is 0.0490. The lowest BCUT2D eigenvalue weighted by molar-refractivity contribution is -0.385. The maximum atomic E-state index is 13.5. The third-order valence-corrected chi connectivity index (χ3v) is 7.33. The first-order chi connectivity index (χ1) is 17.5. The fourth-order valence-electron chi connectivity index (χ4n) is 3.45. The Kier molecular flexibility index (Phi) is 8.61. The van der Waals surface area contributed by atoms with Gasteiger partial charge in [0.1, 0.15) is 6.54 Å². The molecule has 10 nitrogen and oxygen atoms in total. The van der Waals surface area contributed by atoms with Gasteiger partial charge in [0.25, 0.3) is 15.9 Å². The predicted molar refractivity (Wildman–Crippen MR) is 142 cm³/mol. The van der Waals surface area contributed by atoms with E-state index in [0.29, 0.717) is 11.3 Å². The topological polar surface area (TPSA) is 131 Å². The van der Waals surface area contributed by atoms with E-state index >= 15 is 0 Å². The summed E-state index contributed by atoms with van der Waals surface area (Å²) in [6.45, 7) is 5.37. The van der Waals surface area contributed by atoms with E-state index in [0.717, 1.165) is 15.4 Å². The smallest absolute Gasteiger partial charge is 0.311 e. The highest BCUT2D eigenvalue weighted by atomic mass is 32.2. The van der Waals surface area contributed by atoms with E-state index in [4.69, 9.17) is 4.74 Å². The van der Waals surface area contributed by atoms with E-state index in [1.165, 1.54) is 43.7 Å². The number of nitro benzene ring substituents is 1. The van der Waals surface area contributed by atoms with Gasteiger partial charge in [-0.25, -0.2) is 13.8 Å². The van der Waals surface area contributed by atoms with E-state index in [9.17, 15) is 23.3 Å². The van der Waals surface area contributed by atoms with Gasteiger partial charge in [-0.3, -0.25) is 19.2 Å². The van der Waals surface area contributed by atoms with Crippen molar-refractivity contribution in [1.82, 2.24) is 5.43 Å². The Morgan fingerprint density at radius 3 is 2.32 bits per heavy atom. The zero-order valence-corrected chi connectivity index (χ0v) is 21.7. The molecule has 1 amide bonds. The molecule has 0 bridgehead atoms. The van der Waals surface area contributed by atoms with Gasteiger partial charge in [0.15, 0.2) is 5.75 Å². The number of aryl methyl sites for hydroxylation is 1. The number of benzene rings is 3. The molecular formula is C26H28N4O6S. The molecule has 37 heavy (non-hydrogen) atoms. The van der Waals surface area contributed by atoms with Gasteiger partial charge in [0.2, 0.25) is 0 Å². The van der Waals surface area contributed by atoms with Crippen LogP contribution < -0.4 is 14.5 Å². The number of nitrogens with zero attached hydrogens (tertiary/aromatic N) is 3. The van der Waals surface area contributed by atoms with Gasteiger partial charge >= 0.3 is 5.69 Å². The zero-order chi connectivity index (χ0) is 27.2. The van der Waals surface area contributed by atoms with Crippen molar-refractivity contribution in [3.05, 3.63) is 93.5 Å². The van der Waals surface area contributed by atoms with Crippen LogP contribution in [0, 0.1) is 17.0 Å². The molecule has 0 saturated heterocycles. The predicted octanol–water partition coefficient (Wildman–Crippen LogP) is 4.38. The average Bonchev–Trinajstić information content (AvgIpc) is 2.87. The van der Waals surface area contributed by atoms with Crippen LogP contribution in [0.3, 0.4) is 0 Å². The summed E-state index contributed by atoms with van der Waals surface area (Å²) in [6, 6.07) is 17.5. The molecule has 11 heteroatoms. The quantitative estimate of drug-likeness (QED) is 0.238. The number of carbonyl (C=O) groups excluding carboxylic acids is 1. The van der Waals surface area contributed by atoms with Crippen molar-refractivity contribution in [1.29, 1.82) is 0 Å². The van der Waals surface area contributed by atoms with Crippen molar-refractivity contribution < 1.29 is 22.9 Å². The molecule has 3 aromatic carbocycles. The second kappa shape index (κ2) is 11.7. The largest absolute Gasteiger partial charge is 0.490 e. The first-order valence-corrected chi connectivity index (χ1v) is 12.8. The van der Waals surface area contributed by atoms with Crippen molar-refractivity contribution in [2.24, 2.45) is 5.10 Å². The lowest BCUT2D eigenvalue weighted by Crippen LogP contribution is -2.39. The highest BCUT2D eigenvalue weighted by molar-refractivity contribution is 7.92. The van der Waals surface area contributed by atoms with E-state index in [1.54, 1.807) is 24.3 Å². The summed E-state index contributed by atoms with van der Waals surface area (Å²) in [5, 5.41) is 15.0. The molecule has 0 atom stereocenters. The van der Waals surface area contributed by atoms with Gasteiger partial charge in [-0.05, 0) is 54.8 Å². The summed E-state index contributed by atoms with van der Waals surface area (Å²) in [6.07, 6.45) is 1.22. The molecule has 0 saturated carbocycles. The zero-order valence-electron chi connectivity index (χ0n) is 20.9. The second-order valence-electron chi connectivity index (χ2n) is 8.55. The fraction of sp³-hybridized carbons (Fsp3) is 0.231. The van der Waals surface area contributed by atoms with Gasteiger partial charge in [0, 0.05) is 11.6 Å². The number of nitro groups is 1. The number of hydrogen-bond donors (Lipinski definition) is 1. The van der Waals surface area contributed by atoms with Crippen LogP contribution in [0.1, 0.15) is 36.5 Å². The molecule has 0 aliphatic rings. The summed E-state index contributed by atoms with van der Waals surface area (Å²) in [5.41, 5.74) is 4.65. The lowest BCUT2D eigenvalue weighted by atomic mass is 10.0. The maximum absolute atomic E-state index is 13.5. The molecule has 0 aliphatic heterocycles. The maximum Gasteiger partial charge on any atom is 0.311 e. The number of carbonyl (C=O) groups is 1. The number of ether oxygens (including phenoxy) is 1. The fourth-order valence-corrected chi connectivity index (χ4v) is 4.87. The van der Waals surface area contributed by atoms with Crippen molar-refractivity contribution in [3.8, 4) is 5.75 Å². The van der Waals surface area contributed by atoms with Crippen LogP contribution in [-0.2, 0) is 14.8 Å². The van der Waals surface area contributed by atoms with Crippen molar-refractivity contribution in [2.45, 2.75) is 31.6 Å². The van der Waals surface area contributed by atoms with Gasteiger partial charge in [-0.2, -0.15) is 5.10 Å². The van der Waals surface area contributed by atoms with Crippen molar-refractivity contribution in [2.75, 3.05) is 18.0 Å². The summed E-state index contributed by atoms with van der Waals surface area (Å²) in [5.74, 6) is -0.350. The minimum Gasteiger partial charge on any atom is -0.490 e. The Balaban J connectivity index is 1.85. The second-order valence-corrected chi connectivity index (χ2v) is 10.4. The highest BCUT2D eigenvalue weighted by Gasteiger charge is 2.27. The Bertz CT molecular complexity index is 1400. The molecule has 1 N–H and O–H groups in total. The monoisotopic (exact) mass is 524 g/mol. The molecule has 0 fully saturated rings. The molecular weight excluding hydrogens is 496 g/mol. The molecule has 0 unspecified atom stereocenters. The summed E-state index contributed by atoms with van der Waals surface area (Å²) < 4.78 is 33.0. The number of hydrogen-bond acceptors (Lipinski definition) is 7. The van der Waals surface area contributed by atoms with Crippen LogP contribution in [-0.4, -0.2) is 39.1 Å². The third-order valence-electron chi connectivity index (χ3n) is 5.55. The number of rotatable bonds is 10. The molecule has 3 rings (SSSR count). The number of nitrogens with one attached hydrogen (secondary N) is 1. The highest BCUT2D eigenvalue weighted by Crippen LogP contribution is 2.27. The minimum atomic E-state index is -4.07. The number of amides is 1. The van der Waals surface area contributed by atoms with Crippen molar-refractivity contribution >= 4 is 33.5 Å². The normalized spacial score (nSPS) is 11.5. The van der Waals surface area contributed by atoms with Crippen LogP contribution in [0.25, 0.3) is 0 Å². The molecule has 0 radical (unpaired) electrons. The van der Waals surface area contributed by atoms with Crippen LogP contribution >= 0.6 is 0 Å². The Morgan fingerprint density at radius 2 is 1.76 bits per heavy atom. The van der Waals surface area contributed by atoms with Crippen LogP contribution in [0.15, 0.2) is 76.7 Å².